The number of likely N-dealkylation sites (tertiary alicyclic amines) is 1. The van der Waals surface area contributed by atoms with Crippen molar-refractivity contribution < 1.29 is 37.3 Å². The second kappa shape index (κ2) is 28.4. The zero-order valence-electron chi connectivity index (χ0n) is 51.3. The Morgan fingerprint density at radius 1 is 0.878 bits per heavy atom. The number of H-pyrrole nitrogens is 1. The summed E-state index contributed by atoms with van der Waals surface area (Å²) >= 11 is 6.28. The van der Waals surface area contributed by atoms with E-state index in [0.717, 1.165) is 156 Å². The van der Waals surface area contributed by atoms with Gasteiger partial charge in [-0.1, -0.05) is 87.1 Å². The molecule has 19 nitrogen and oxygen atoms in total. The molecule has 2 unspecified atom stereocenters. The SMILES string of the molecule is CC1(C)CCC(CN2CCN(c3ccc(C(=O)NS(=O)(=O)c4ccc(NCC5CCCN(CCCCCCCCCC#Cc6ccc7c(c6)CN(C6CCC(=O)NC6=O)C7=O)C5)c([N+](=O)[O-])c4)c(Oc4cnc5[nH]ccc5c4)c3)CC2)=C(c2ccc(Cl)cc2)C1. The normalized spacial score (nSPS) is 18.9. The molecule has 1 aliphatic carbocycles. The van der Waals surface area contributed by atoms with Crippen molar-refractivity contribution >= 4 is 78.9 Å². The van der Waals surface area contributed by atoms with Gasteiger partial charge in [0, 0.05) is 111 Å². The number of halogens is 1. The number of fused-ring (bicyclic) bond motifs is 2. The van der Waals surface area contributed by atoms with Gasteiger partial charge in [0.15, 0.2) is 0 Å². The second-order valence-corrected chi connectivity index (χ2v) is 27.5. The van der Waals surface area contributed by atoms with E-state index in [9.17, 15) is 37.7 Å². The number of amides is 4. The number of benzene rings is 4. The van der Waals surface area contributed by atoms with Crippen molar-refractivity contribution in [2.24, 2.45) is 11.3 Å². The first kappa shape index (κ1) is 63.5. The summed E-state index contributed by atoms with van der Waals surface area (Å²) in [4.78, 5) is 79.0. The average molecular weight is 1260 g/mol. The summed E-state index contributed by atoms with van der Waals surface area (Å²) in [6, 6.07) is 25.5. The smallest absolute Gasteiger partial charge is 0.293 e. The topological polar surface area (TPSA) is 233 Å². The molecule has 6 aromatic rings. The van der Waals surface area contributed by atoms with Crippen molar-refractivity contribution in [3.05, 3.63) is 152 Å². The van der Waals surface area contributed by atoms with Crippen LogP contribution in [0.1, 0.15) is 148 Å². The molecule has 4 amide bonds. The molecule has 0 radical (unpaired) electrons. The van der Waals surface area contributed by atoms with Crippen LogP contribution in [0, 0.1) is 33.3 Å². The minimum Gasteiger partial charge on any atom is -0.455 e. The number of aromatic nitrogens is 2. The molecule has 21 heteroatoms. The van der Waals surface area contributed by atoms with Gasteiger partial charge in [0.1, 0.15) is 28.9 Å². The lowest BCUT2D eigenvalue weighted by Gasteiger charge is -2.39. The van der Waals surface area contributed by atoms with Crippen LogP contribution in [0.4, 0.5) is 17.1 Å². The standard InChI is InChI=1S/C69H79ClN10O9S/c1-69(2)29-27-51(59(41-69)49-16-18-53(70)19-17-49)45-77-33-35-78(36-34-77)54-20-23-58(63(39-54)89-55-38-50-28-30-71-65(50)73-43-55)66(82)75-90(87,88)56-21-24-60(62(40-56)80(85)86)72-42-48-14-12-32-76(44-48)31-11-9-7-5-3-4-6-8-10-13-47-15-22-57-52(37-47)46-79(68(57)84)61-25-26-64(81)74-67(61)83/h15-24,28,30,37-40,43,48,61,72H,3-9,11-12,14,25-27,29,31-36,41-42,44-46H2,1-2H3,(H,71,73)(H,75,82)(H,74,81,83). The van der Waals surface area contributed by atoms with E-state index in [-0.39, 0.29) is 46.6 Å². The van der Waals surface area contributed by atoms with Gasteiger partial charge in [-0.25, -0.2) is 18.1 Å². The zero-order valence-corrected chi connectivity index (χ0v) is 52.9. The van der Waals surface area contributed by atoms with Gasteiger partial charge in [-0.05, 0) is 159 Å². The van der Waals surface area contributed by atoms with Crippen molar-refractivity contribution in [3.8, 4) is 23.3 Å². The zero-order chi connectivity index (χ0) is 62.9. The highest BCUT2D eigenvalue weighted by Crippen LogP contribution is 2.44. The number of allylic oxidation sites excluding steroid dienone is 1. The molecule has 0 bridgehead atoms. The van der Waals surface area contributed by atoms with E-state index in [1.807, 2.05) is 30.3 Å². The van der Waals surface area contributed by atoms with Crippen LogP contribution in [0.2, 0.25) is 5.02 Å². The van der Waals surface area contributed by atoms with Crippen LogP contribution in [-0.2, 0) is 26.2 Å². The first-order chi connectivity index (χ1) is 43.4. The summed E-state index contributed by atoms with van der Waals surface area (Å²) in [5, 5.41) is 19.6. The van der Waals surface area contributed by atoms with Crippen molar-refractivity contribution in [1.29, 1.82) is 0 Å². The Bertz CT molecular complexity index is 3890. The highest BCUT2D eigenvalue weighted by molar-refractivity contribution is 7.90. The molecule has 4 N–H and O–H groups in total. The van der Waals surface area contributed by atoms with Crippen molar-refractivity contribution in [3.63, 3.8) is 0 Å². The van der Waals surface area contributed by atoms with Gasteiger partial charge in [-0.2, -0.15) is 0 Å². The van der Waals surface area contributed by atoms with Gasteiger partial charge in [0.05, 0.1) is 21.6 Å². The molecule has 3 fully saturated rings. The first-order valence-electron chi connectivity index (χ1n) is 31.7. The number of carbonyl (C=O) groups excluding carboxylic acids is 4. The maximum Gasteiger partial charge on any atom is 0.293 e. The summed E-state index contributed by atoms with van der Waals surface area (Å²) in [6.07, 6.45) is 17.6. The summed E-state index contributed by atoms with van der Waals surface area (Å²) in [5.74, 6) is 5.36. The molecule has 3 saturated heterocycles. The van der Waals surface area contributed by atoms with E-state index in [2.05, 4.69) is 77.8 Å². The number of piperazine rings is 1. The summed E-state index contributed by atoms with van der Waals surface area (Å²) < 4.78 is 36.6. The Balaban J connectivity index is 0.636. The minimum atomic E-state index is -4.61. The number of sulfonamides is 1. The van der Waals surface area contributed by atoms with Gasteiger partial charge in [-0.3, -0.25) is 39.5 Å². The molecule has 4 aromatic carbocycles. The highest BCUT2D eigenvalue weighted by atomic mass is 35.5. The van der Waals surface area contributed by atoms with Gasteiger partial charge < -0.3 is 29.7 Å². The van der Waals surface area contributed by atoms with Crippen LogP contribution in [0.25, 0.3) is 16.6 Å². The van der Waals surface area contributed by atoms with E-state index in [4.69, 9.17) is 16.3 Å². The van der Waals surface area contributed by atoms with E-state index in [1.165, 1.54) is 35.0 Å². The molecule has 90 heavy (non-hydrogen) atoms. The maximum absolute atomic E-state index is 14.2. The van der Waals surface area contributed by atoms with Crippen LogP contribution < -0.4 is 25.0 Å². The van der Waals surface area contributed by atoms with Crippen LogP contribution in [0.5, 0.6) is 11.5 Å². The van der Waals surface area contributed by atoms with Gasteiger partial charge in [0.25, 0.3) is 27.5 Å². The van der Waals surface area contributed by atoms with Gasteiger partial charge in [0.2, 0.25) is 11.8 Å². The fraction of sp³-hybridized carbons (Fsp3) is 0.435. The number of nitrogens with one attached hydrogen (secondary N) is 4. The number of hydrogen-bond acceptors (Lipinski definition) is 14. The predicted molar refractivity (Wildman–Crippen MR) is 349 cm³/mol. The number of carbonyl (C=O) groups is 4. The Kier molecular flexibility index (Phi) is 20.0. The second-order valence-electron chi connectivity index (χ2n) is 25.4. The van der Waals surface area contributed by atoms with Crippen LogP contribution in [0.15, 0.2) is 114 Å². The molecular formula is C69H79ClN10O9S. The molecule has 0 spiro atoms. The van der Waals surface area contributed by atoms with Crippen LogP contribution in [-0.4, -0.2) is 127 Å². The van der Waals surface area contributed by atoms with E-state index in [1.54, 1.807) is 41.4 Å². The number of hydrogen-bond donors (Lipinski definition) is 4. The average Bonchev–Trinajstić information content (AvgIpc) is 1.71. The third kappa shape index (κ3) is 15.7. The molecule has 2 atom stereocenters. The van der Waals surface area contributed by atoms with Crippen LogP contribution >= 0.6 is 11.6 Å². The number of unbranched alkanes of at least 4 members (excludes halogenated alkanes) is 7. The maximum atomic E-state index is 14.2. The minimum absolute atomic E-state index is 0.0442. The quantitative estimate of drug-likeness (QED) is 0.0154. The number of nitro benzene ring substituents is 1. The molecule has 5 aliphatic rings. The Morgan fingerprint density at radius 3 is 2.46 bits per heavy atom. The monoisotopic (exact) mass is 1260 g/mol. The van der Waals surface area contributed by atoms with Gasteiger partial charge >= 0.3 is 0 Å². The Morgan fingerprint density at radius 2 is 1.67 bits per heavy atom. The number of nitro groups is 1. The van der Waals surface area contributed by atoms with Gasteiger partial charge in [-0.15, -0.1) is 0 Å². The van der Waals surface area contributed by atoms with E-state index >= 15 is 0 Å². The highest BCUT2D eigenvalue weighted by Gasteiger charge is 2.39. The predicted octanol–water partition coefficient (Wildman–Crippen LogP) is 11.9. The van der Waals surface area contributed by atoms with Crippen molar-refractivity contribution in [1.82, 2.24) is 34.7 Å². The number of ether oxygens (including phenoxy) is 1. The number of piperidine rings is 2. The molecule has 2 aromatic heterocycles. The first-order valence-corrected chi connectivity index (χ1v) is 33.6. The third-order valence-electron chi connectivity index (χ3n) is 18.3. The van der Waals surface area contributed by atoms with E-state index < -0.39 is 43.4 Å². The van der Waals surface area contributed by atoms with E-state index in [0.29, 0.717) is 49.6 Å². The largest absolute Gasteiger partial charge is 0.455 e. The lowest BCUT2D eigenvalue weighted by molar-refractivity contribution is -0.384. The number of anilines is 2. The number of imide groups is 1. The fourth-order valence-electron chi connectivity index (χ4n) is 13.2. The van der Waals surface area contributed by atoms with Crippen molar-refractivity contribution in [2.75, 3.05) is 69.1 Å². The lowest BCUT2D eigenvalue weighted by atomic mass is 9.72. The lowest BCUT2D eigenvalue weighted by Crippen LogP contribution is -2.52. The fourth-order valence-corrected chi connectivity index (χ4v) is 14.3. The molecule has 0 saturated carbocycles. The molecule has 472 valence electrons. The van der Waals surface area contributed by atoms with Crippen molar-refractivity contribution in [2.45, 2.75) is 128 Å². The molecule has 11 rings (SSSR count). The summed E-state index contributed by atoms with van der Waals surface area (Å²) in [7, 11) is -4.61. The number of nitrogens with zero attached hydrogens (tertiary/aromatic N) is 6. The Labute approximate surface area is 531 Å². The summed E-state index contributed by atoms with van der Waals surface area (Å²) in [6.45, 7) is 12.2. The molecular weight excluding hydrogens is 1180 g/mol. The molecule has 4 aliphatic heterocycles. The third-order valence-corrected chi connectivity index (χ3v) is 19.8. The number of aromatic amines is 1. The molecule has 6 heterocycles. The number of pyridine rings is 1. The summed E-state index contributed by atoms with van der Waals surface area (Å²) in [5.41, 5.74) is 7.78. The van der Waals surface area contributed by atoms with Crippen LogP contribution in [0.3, 0.4) is 0 Å². The number of rotatable bonds is 23. The Hall–Kier alpha value is -8.09.